The average molecular weight is 454 g/mol. The maximum atomic E-state index is 12.6. The van der Waals surface area contributed by atoms with Crippen molar-refractivity contribution in [2.45, 2.75) is 37.0 Å². The highest BCUT2D eigenvalue weighted by Gasteiger charge is 2.30. The van der Waals surface area contributed by atoms with E-state index in [-0.39, 0.29) is 17.9 Å². The van der Waals surface area contributed by atoms with Gasteiger partial charge in [-0.3, -0.25) is 0 Å². The molecule has 0 radical (unpaired) electrons. The maximum absolute atomic E-state index is 12.6. The Labute approximate surface area is 178 Å². The van der Waals surface area contributed by atoms with Gasteiger partial charge in [0.05, 0.1) is 17.1 Å². The zero-order chi connectivity index (χ0) is 22.5. The standard InChI is InChI=1S/C22H21F3O5S/c1-16-6-12-19(13-7-16)31(26,27)30-21-14-15-28-20(29-21)5-3-2-4-17-8-10-18(11-9-17)22(23,24)25/h2-13,20-21H,14-15H2,1H3/t20-,21+/m0/s1. The largest absolute Gasteiger partial charge is 0.416 e. The molecule has 0 N–H and O–H groups in total. The van der Waals surface area contributed by atoms with E-state index in [1.165, 1.54) is 24.3 Å². The summed E-state index contributed by atoms with van der Waals surface area (Å²) in [6, 6.07) is 11.0. The summed E-state index contributed by atoms with van der Waals surface area (Å²) in [5.74, 6) is 0. The van der Waals surface area contributed by atoms with Gasteiger partial charge in [0.15, 0.2) is 12.6 Å². The van der Waals surface area contributed by atoms with Gasteiger partial charge in [0, 0.05) is 6.42 Å². The predicted octanol–water partition coefficient (Wildman–Crippen LogP) is 5.08. The van der Waals surface area contributed by atoms with Crippen molar-refractivity contribution in [1.29, 1.82) is 0 Å². The molecule has 1 heterocycles. The lowest BCUT2D eigenvalue weighted by Gasteiger charge is -2.27. The molecular weight excluding hydrogens is 433 g/mol. The van der Waals surface area contributed by atoms with Crippen LogP contribution in [0.2, 0.25) is 0 Å². The highest BCUT2D eigenvalue weighted by Crippen LogP contribution is 2.29. The van der Waals surface area contributed by atoms with E-state index in [1.807, 2.05) is 6.92 Å². The van der Waals surface area contributed by atoms with Crippen LogP contribution in [0, 0.1) is 6.92 Å². The van der Waals surface area contributed by atoms with Gasteiger partial charge in [-0.2, -0.15) is 21.6 Å². The first kappa shape index (κ1) is 23.2. The molecule has 9 heteroatoms. The van der Waals surface area contributed by atoms with E-state index in [2.05, 4.69) is 0 Å². The Bertz CT molecular complexity index is 1030. The van der Waals surface area contributed by atoms with Crippen molar-refractivity contribution in [2.24, 2.45) is 0 Å². The first-order chi connectivity index (χ1) is 14.6. The molecule has 0 aliphatic carbocycles. The highest BCUT2D eigenvalue weighted by molar-refractivity contribution is 7.86. The van der Waals surface area contributed by atoms with E-state index in [0.717, 1.165) is 17.7 Å². The Morgan fingerprint density at radius 2 is 1.71 bits per heavy atom. The lowest BCUT2D eigenvalue weighted by Crippen LogP contribution is -2.34. The molecule has 0 amide bonds. The smallest absolute Gasteiger partial charge is 0.349 e. The SMILES string of the molecule is Cc1ccc(S(=O)(=O)O[C@@H]2CCO[C@H](C=CC=Cc3ccc(C(F)(F)F)cc3)O2)cc1. The van der Waals surface area contributed by atoms with Gasteiger partial charge in [-0.1, -0.05) is 48.1 Å². The van der Waals surface area contributed by atoms with Crippen LogP contribution in [0.4, 0.5) is 13.2 Å². The molecule has 2 aromatic carbocycles. The van der Waals surface area contributed by atoms with Crippen molar-refractivity contribution in [3.05, 3.63) is 83.4 Å². The van der Waals surface area contributed by atoms with Crippen LogP contribution >= 0.6 is 0 Å². The van der Waals surface area contributed by atoms with Crippen LogP contribution in [0.1, 0.15) is 23.1 Å². The van der Waals surface area contributed by atoms with Crippen molar-refractivity contribution < 1.29 is 35.2 Å². The van der Waals surface area contributed by atoms with Gasteiger partial charge in [-0.25, -0.2) is 4.18 Å². The molecule has 0 unspecified atom stereocenters. The number of benzene rings is 2. The van der Waals surface area contributed by atoms with Gasteiger partial charge < -0.3 is 9.47 Å². The fourth-order valence-corrected chi connectivity index (χ4v) is 3.72. The Morgan fingerprint density at radius 1 is 1.03 bits per heavy atom. The van der Waals surface area contributed by atoms with Gasteiger partial charge in [0.1, 0.15) is 0 Å². The quantitative estimate of drug-likeness (QED) is 0.450. The molecule has 2 aromatic rings. The number of ether oxygens (including phenoxy) is 2. The first-order valence-corrected chi connectivity index (χ1v) is 10.8. The summed E-state index contributed by atoms with van der Waals surface area (Å²) in [6.07, 6.45) is 0.448. The summed E-state index contributed by atoms with van der Waals surface area (Å²) >= 11 is 0. The molecule has 2 atom stereocenters. The second kappa shape index (κ2) is 9.78. The van der Waals surface area contributed by atoms with Crippen LogP contribution in [0.5, 0.6) is 0 Å². The van der Waals surface area contributed by atoms with Gasteiger partial charge in [0.25, 0.3) is 10.1 Å². The van der Waals surface area contributed by atoms with Crippen LogP contribution in [0.25, 0.3) is 6.08 Å². The fourth-order valence-electron chi connectivity index (χ4n) is 2.72. The van der Waals surface area contributed by atoms with E-state index >= 15 is 0 Å². The molecule has 0 aromatic heterocycles. The van der Waals surface area contributed by atoms with Crippen molar-refractivity contribution in [2.75, 3.05) is 6.61 Å². The van der Waals surface area contributed by atoms with Crippen molar-refractivity contribution in [1.82, 2.24) is 0 Å². The minimum atomic E-state index is -4.37. The number of allylic oxidation sites excluding steroid dienone is 2. The predicted molar refractivity (Wildman–Crippen MR) is 108 cm³/mol. The molecule has 0 saturated carbocycles. The Morgan fingerprint density at radius 3 is 2.35 bits per heavy atom. The highest BCUT2D eigenvalue weighted by atomic mass is 32.2. The zero-order valence-electron chi connectivity index (χ0n) is 16.6. The van der Waals surface area contributed by atoms with Gasteiger partial charge >= 0.3 is 6.18 Å². The van der Waals surface area contributed by atoms with E-state index in [1.54, 1.807) is 36.4 Å². The number of halogens is 3. The normalized spacial score (nSPS) is 20.5. The Kier molecular flexibility index (Phi) is 7.32. The third-order valence-electron chi connectivity index (χ3n) is 4.37. The van der Waals surface area contributed by atoms with Crippen molar-refractivity contribution in [3.8, 4) is 0 Å². The van der Waals surface area contributed by atoms with Gasteiger partial charge in [0.2, 0.25) is 0 Å². The van der Waals surface area contributed by atoms with Gasteiger partial charge in [-0.15, -0.1) is 0 Å². The summed E-state index contributed by atoms with van der Waals surface area (Å²) in [5, 5.41) is 0. The molecule has 1 aliphatic heterocycles. The number of aryl methyl sites for hydroxylation is 1. The lowest BCUT2D eigenvalue weighted by atomic mass is 10.1. The van der Waals surface area contributed by atoms with Crippen molar-refractivity contribution in [3.63, 3.8) is 0 Å². The molecule has 31 heavy (non-hydrogen) atoms. The Hall–Kier alpha value is -2.46. The fraction of sp³-hybridized carbons (Fsp3) is 0.273. The molecule has 1 fully saturated rings. The third-order valence-corrected chi connectivity index (χ3v) is 5.69. The van der Waals surface area contributed by atoms with E-state index in [9.17, 15) is 21.6 Å². The second-order valence-electron chi connectivity index (χ2n) is 6.82. The zero-order valence-corrected chi connectivity index (χ0v) is 17.4. The molecule has 1 aliphatic rings. The van der Waals surface area contributed by atoms with Crippen LogP contribution in [-0.2, 0) is 30.0 Å². The summed E-state index contributed by atoms with van der Waals surface area (Å²) in [4.78, 5) is 0.0414. The molecular formula is C22H21F3O5S. The van der Waals surface area contributed by atoms with E-state index in [0.29, 0.717) is 5.56 Å². The molecule has 1 saturated heterocycles. The molecule has 3 rings (SSSR count). The summed E-state index contributed by atoms with van der Waals surface area (Å²) in [6.45, 7) is 2.09. The van der Waals surface area contributed by atoms with Crippen LogP contribution in [0.3, 0.4) is 0 Å². The number of alkyl halides is 3. The van der Waals surface area contributed by atoms with Crippen LogP contribution < -0.4 is 0 Å². The average Bonchev–Trinajstić information content (AvgIpc) is 2.71. The second-order valence-corrected chi connectivity index (χ2v) is 8.39. The molecule has 5 nitrogen and oxygen atoms in total. The minimum Gasteiger partial charge on any atom is -0.349 e. The monoisotopic (exact) mass is 454 g/mol. The minimum absolute atomic E-state index is 0.0414. The number of hydrogen-bond donors (Lipinski definition) is 0. The first-order valence-electron chi connectivity index (χ1n) is 9.43. The van der Waals surface area contributed by atoms with Crippen molar-refractivity contribution >= 4 is 16.2 Å². The summed E-state index contributed by atoms with van der Waals surface area (Å²) in [7, 11) is -3.97. The van der Waals surface area contributed by atoms with Crippen LogP contribution in [0.15, 0.2) is 71.7 Å². The number of hydrogen-bond acceptors (Lipinski definition) is 5. The topological polar surface area (TPSA) is 61.8 Å². The Balaban J connectivity index is 1.55. The summed E-state index contributed by atoms with van der Waals surface area (Å²) in [5.41, 5.74) is 0.806. The van der Waals surface area contributed by atoms with E-state index < -0.39 is 34.4 Å². The lowest BCUT2D eigenvalue weighted by molar-refractivity contribution is -0.239. The van der Waals surface area contributed by atoms with E-state index in [4.69, 9.17) is 13.7 Å². The molecule has 0 bridgehead atoms. The maximum Gasteiger partial charge on any atom is 0.416 e. The van der Waals surface area contributed by atoms with Crippen LogP contribution in [-0.4, -0.2) is 27.6 Å². The third kappa shape index (κ3) is 6.76. The van der Waals surface area contributed by atoms with Gasteiger partial charge in [-0.05, 0) is 42.8 Å². The summed E-state index contributed by atoms with van der Waals surface area (Å²) < 4.78 is 78.6. The number of rotatable bonds is 6. The molecule has 166 valence electrons. The molecule has 0 spiro atoms.